The summed E-state index contributed by atoms with van der Waals surface area (Å²) in [6.07, 6.45) is 3.38. The van der Waals surface area contributed by atoms with Gasteiger partial charge in [-0.2, -0.15) is 4.31 Å². The van der Waals surface area contributed by atoms with E-state index in [1.54, 1.807) is 6.07 Å². The minimum absolute atomic E-state index is 0.0719. The summed E-state index contributed by atoms with van der Waals surface area (Å²) in [6.45, 7) is 7.65. The lowest BCUT2D eigenvalue weighted by molar-refractivity contribution is 0.0696. The number of aryl methyl sites for hydroxylation is 1. The molecule has 1 aliphatic carbocycles. The van der Waals surface area contributed by atoms with E-state index in [1.807, 2.05) is 0 Å². The van der Waals surface area contributed by atoms with Crippen LogP contribution in [0.3, 0.4) is 0 Å². The van der Waals surface area contributed by atoms with Crippen LogP contribution in [0.15, 0.2) is 17.0 Å². The molecule has 0 amide bonds. The molecule has 1 heterocycles. The summed E-state index contributed by atoms with van der Waals surface area (Å²) in [5.41, 5.74) is 1.78. The number of hydrogen-bond donors (Lipinski definition) is 1. The molecule has 144 valence electrons. The predicted molar refractivity (Wildman–Crippen MR) is 100 cm³/mol. The smallest absolute Gasteiger partial charge is 0.335 e. The average molecular weight is 381 g/mol. The summed E-state index contributed by atoms with van der Waals surface area (Å²) in [6, 6.07) is 3.01. The monoisotopic (exact) mass is 380 g/mol. The molecule has 1 aromatic carbocycles. The van der Waals surface area contributed by atoms with Crippen LogP contribution < -0.4 is 0 Å². The van der Waals surface area contributed by atoms with Crippen molar-refractivity contribution >= 4 is 16.0 Å². The highest BCUT2D eigenvalue weighted by Crippen LogP contribution is 2.31. The maximum Gasteiger partial charge on any atom is 0.335 e. The van der Waals surface area contributed by atoms with Crippen LogP contribution in [0, 0.1) is 5.92 Å². The molecule has 6 nitrogen and oxygen atoms in total. The summed E-state index contributed by atoms with van der Waals surface area (Å²) < 4.78 is 28.1. The standard InChI is InChI=1S/C19H28N2O4S/c1-14(2)13-20-7-9-21(10-8-20)26(24,25)18-12-16(19(22)23)11-15-5-3-4-6-17(15)18/h11-12,14H,3-10,13H2,1-2H3,(H,22,23). The van der Waals surface area contributed by atoms with Gasteiger partial charge in [-0.15, -0.1) is 0 Å². The zero-order chi connectivity index (χ0) is 18.9. The number of nitrogens with zero attached hydrogens (tertiary/aromatic N) is 2. The van der Waals surface area contributed by atoms with Crippen molar-refractivity contribution in [2.24, 2.45) is 5.92 Å². The van der Waals surface area contributed by atoms with Gasteiger partial charge in [0.25, 0.3) is 0 Å². The fourth-order valence-electron chi connectivity index (χ4n) is 3.99. The number of piperazine rings is 1. The minimum Gasteiger partial charge on any atom is -0.478 e. The zero-order valence-corrected chi connectivity index (χ0v) is 16.4. The van der Waals surface area contributed by atoms with Gasteiger partial charge < -0.3 is 10.0 Å². The van der Waals surface area contributed by atoms with Gasteiger partial charge in [0, 0.05) is 32.7 Å². The van der Waals surface area contributed by atoms with E-state index in [0.717, 1.165) is 50.0 Å². The quantitative estimate of drug-likeness (QED) is 0.847. The Hall–Kier alpha value is -1.44. The Morgan fingerprint density at radius 3 is 2.38 bits per heavy atom. The van der Waals surface area contributed by atoms with E-state index in [1.165, 1.54) is 10.4 Å². The second-order valence-corrected chi connectivity index (χ2v) is 9.63. The number of hydrogen-bond acceptors (Lipinski definition) is 4. The number of sulfonamides is 1. The Bertz CT molecular complexity index is 781. The Morgan fingerprint density at radius 2 is 1.77 bits per heavy atom. The van der Waals surface area contributed by atoms with Gasteiger partial charge in [0.2, 0.25) is 10.0 Å². The normalized spacial score (nSPS) is 19.5. The van der Waals surface area contributed by atoms with Crippen molar-refractivity contribution in [1.29, 1.82) is 0 Å². The molecule has 0 saturated carbocycles. The van der Waals surface area contributed by atoms with E-state index in [0.29, 0.717) is 25.4 Å². The van der Waals surface area contributed by atoms with Gasteiger partial charge in [0.1, 0.15) is 0 Å². The highest BCUT2D eigenvalue weighted by Gasteiger charge is 2.32. The molecule has 1 aromatic rings. The first kappa shape index (κ1) is 19.3. The number of rotatable bonds is 5. The second-order valence-electron chi connectivity index (χ2n) is 7.72. The van der Waals surface area contributed by atoms with Crippen LogP contribution in [0.1, 0.15) is 48.2 Å². The van der Waals surface area contributed by atoms with Crippen LogP contribution in [-0.4, -0.2) is 61.4 Å². The predicted octanol–water partition coefficient (Wildman–Crippen LogP) is 2.23. The third-order valence-corrected chi connectivity index (χ3v) is 7.21. The molecule has 0 spiro atoms. The number of benzene rings is 1. The van der Waals surface area contributed by atoms with Gasteiger partial charge in [0.05, 0.1) is 10.5 Å². The molecule has 0 aromatic heterocycles. The Labute approximate surface area is 155 Å². The first-order chi connectivity index (χ1) is 12.3. The Balaban J connectivity index is 1.90. The van der Waals surface area contributed by atoms with Gasteiger partial charge >= 0.3 is 5.97 Å². The number of fused-ring (bicyclic) bond motifs is 1. The average Bonchev–Trinajstić information content (AvgIpc) is 2.60. The molecule has 1 aliphatic heterocycles. The number of carbonyl (C=O) groups is 1. The highest BCUT2D eigenvalue weighted by molar-refractivity contribution is 7.89. The molecule has 0 atom stereocenters. The third-order valence-electron chi connectivity index (χ3n) is 5.24. The molecule has 7 heteroatoms. The van der Waals surface area contributed by atoms with Crippen molar-refractivity contribution in [2.45, 2.75) is 44.4 Å². The molecule has 0 unspecified atom stereocenters. The lowest BCUT2D eigenvalue weighted by atomic mass is 9.90. The number of carboxylic acids is 1. The van der Waals surface area contributed by atoms with Crippen molar-refractivity contribution in [3.63, 3.8) is 0 Å². The molecule has 2 aliphatic rings. The van der Waals surface area contributed by atoms with Crippen LogP contribution in [0.4, 0.5) is 0 Å². The van der Waals surface area contributed by atoms with Gasteiger partial charge in [0.15, 0.2) is 0 Å². The van der Waals surface area contributed by atoms with Crippen LogP contribution in [0.5, 0.6) is 0 Å². The van der Waals surface area contributed by atoms with E-state index < -0.39 is 16.0 Å². The Morgan fingerprint density at radius 1 is 1.12 bits per heavy atom. The van der Waals surface area contributed by atoms with Crippen LogP contribution in [-0.2, 0) is 22.9 Å². The van der Waals surface area contributed by atoms with Crippen molar-refractivity contribution in [3.8, 4) is 0 Å². The molecule has 0 radical (unpaired) electrons. The summed E-state index contributed by atoms with van der Waals surface area (Å²) >= 11 is 0. The lowest BCUT2D eigenvalue weighted by Gasteiger charge is -2.35. The molecule has 26 heavy (non-hydrogen) atoms. The van der Waals surface area contributed by atoms with Gasteiger partial charge in [-0.3, -0.25) is 0 Å². The van der Waals surface area contributed by atoms with Gasteiger partial charge in [-0.1, -0.05) is 13.8 Å². The summed E-state index contributed by atoms with van der Waals surface area (Å²) in [4.78, 5) is 14.0. The first-order valence-corrected chi connectivity index (χ1v) is 10.8. The molecule has 1 N–H and O–H groups in total. The maximum atomic E-state index is 13.3. The van der Waals surface area contributed by atoms with Crippen LogP contribution >= 0.6 is 0 Å². The largest absolute Gasteiger partial charge is 0.478 e. The van der Waals surface area contributed by atoms with Crippen molar-refractivity contribution < 1.29 is 18.3 Å². The van der Waals surface area contributed by atoms with Crippen LogP contribution in [0.2, 0.25) is 0 Å². The number of carboxylic acid groups (broad SMARTS) is 1. The zero-order valence-electron chi connectivity index (χ0n) is 15.6. The first-order valence-electron chi connectivity index (χ1n) is 9.40. The van der Waals surface area contributed by atoms with E-state index in [2.05, 4.69) is 18.7 Å². The van der Waals surface area contributed by atoms with Crippen molar-refractivity contribution in [2.75, 3.05) is 32.7 Å². The molecular formula is C19H28N2O4S. The summed E-state index contributed by atoms with van der Waals surface area (Å²) in [5, 5.41) is 9.39. The van der Waals surface area contributed by atoms with E-state index in [4.69, 9.17) is 0 Å². The summed E-state index contributed by atoms with van der Waals surface area (Å²) in [5.74, 6) is -0.519. The molecular weight excluding hydrogens is 352 g/mol. The van der Waals surface area contributed by atoms with Crippen molar-refractivity contribution in [3.05, 3.63) is 28.8 Å². The molecule has 3 rings (SSSR count). The third kappa shape index (κ3) is 3.94. The van der Waals surface area contributed by atoms with E-state index >= 15 is 0 Å². The minimum atomic E-state index is -3.67. The summed E-state index contributed by atoms with van der Waals surface area (Å²) in [7, 11) is -3.67. The second kappa shape index (κ2) is 7.66. The lowest BCUT2D eigenvalue weighted by Crippen LogP contribution is -2.49. The molecule has 0 bridgehead atoms. The van der Waals surface area contributed by atoms with Crippen molar-refractivity contribution in [1.82, 2.24) is 9.21 Å². The number of aromatic carboxylic acids is 1. The Kier molecular flexibility index (Phi) is 5.69. The van der Waals surface area contributed by atoms with Gasteiger partial charge in [-0.25, -0.2) is 13.2 Å². The molecule has 1 fully saturated rings. The van der Waals surface area contributed by atoms with E-state index in [9.17, 15) is 18.3 Å². The highest BCUT2D eigenvalue weighted by atomic mass is 32.2. The van der Waals surface area contributed by atoms with Gasteiger partial charge in [-0.05, 0) is 54.9 Å². The topological polar surface area (TPSA) is 77.9 Å². The fraction of sp³-hybridized carbons (Fsp3) is 0.632. The van der Waals surface area contributed by atoms with Crippen LogP contribution in [0.25, 0.3) is 0 Å². The SMILES string of the molecule is CC(C)CN1CCN(S(=O)(=O)c2cc(C(=O)O)cc3c2CCCC3)CC1. The maximum absolute atomic E-state index is 13.3. The fourth-order valence-corrected chi connectivity index (χ4v) is 5.73. The molecule has 1 saturated heterocycles. The van der Waals surface area contributed by atoms with E-state index in [-0.39, 0.29) is 10.5 Å².